The van der Waals surface area contributed by atoms with Gasteiger partial charge in [-0.3, -0.25) is 0 Å². The summed E-state index contributed by atoms with van der Waals surface area (Å²) in [7, 11) is 0. The predicted molar refractivity (Wildman–Crippen MR) is 62.1 cm³/mol. The highest BCUT2D eigenvalue weighted by Gasteiger charge is 1.97. The van der Waals surface area contributed by atoms with E-state index in [2.05, 4.69) is 61.6 Å². The van der Waals surface area contributed by atoms with E-state index in [1.165, 1.54) is 16.7 Å². The lowest BCUT2D eigenvalue weighted by Crippen LogP contribution is -1.80. The summed E-state index contributed by atoms with van der Waals surface area (Å²) in [6, 6.07) is 8.65. The second kappa shape index (κ2) is 4.10. The van der Waals surface area contributed by atoms with Crippen LogP contribution in [0, 0.1) is 6.92 Å². The van der Waals surface area contributed by atoms with Gasteiger partial charge in [0.2, 0.25) is 0 Å². The Kier molecular flexibility index (Phi) is 2.64. The molecule has 1 aliphatic rings. The highest BCUT2D eigenvalue weighted by molar-refractivity contribution is 5.75. The summed E-state index contributed by atoms with van der Waals surface area (Å²) in [5.74, 6) is 0. The Balaban J connectivity index is 2.34. The standard InChI is InChI=1S/C14H14/c1-12-8-10-14(11-9-12)13-6-4-2-3-5-7-13/h2,4-11H,3H2,1H3. The van der Waals surface area contributed by atoms with Crippen LogP contribution in [0.4, 0.5) is 0 Å². The molecular formula is C14H14. The third kappa shape index (κ3) is 2.02. The predicted octanol–water partition coefficient (Wildman–Crippen LogP) is 3.89. The van der Waals surface area contributed by atoms with Crippen LogP contribution in [0.15, 0.2) is 54.6 Å². The quantitative estimate of drug-likeness (QED) is 0.618. The van der Waals surface area contributed by atoms with Gasteiger partial charge in [0.05, 0.1) is 0 Å². The number of benzene rings is 1. The highest BCUT2D eigenvalue weighted by atomic mass is 14.0. The number of aryl methyl sites for hydroxylation is 1. The minimum Gasteiger partial charge on any atom is -0.0807 e. The lowest BCUT2D eigenvalue weighted by molar-refractivity contribution is 1.40. The molecule has 0 saturated carbocycles. The van der Waals surface area contributed by atoms with Crippen molar-refractivity contribution < 1.29 is 0 Å². The average molecular weight is 182 g/mol. The monoisotopic (exact) mass is 182 g/mol. The van der Waals surface area contributed by atoms with Crippen molar-refractivity contribution in [2.24, 2.45) is 0 Å². The van der Waals surface area contributed by atoms with E-state index in [-0.39, 0.29) is 0 Å². The molecule has 70 valence electrons. The average Bonchev–Trinajstić information content (AvgIpc) is 2.47. The molecule has 1 aliphatic carbocycles. The summed E-state index contributed by atoms with van der Waals surface area (Å²) in [6.45, 7) is 2.11. The van der Waals surface area contributed by atoms with Crippen LogP contribution in [0.1, 0.15) is 17.5 Å². The van der Waals surface area contributed by atoms with Crippen LogP contribution >= 0.6 is 0 Å². The molecule has 0 unspecified atom stereocenters. The third-order valence-electron chi connectivity index (χ3n) is 2.37. The number of hydrogen-bond acceptors (Lipinski definition) is 0. The Hall–Kier alpha value is -1.56. The van der Waals surface area contributed by atoms with Crippen molar-refractivity contribution in [3.8, 4) is 0 Å². The molecule has 0 fully saturated rings. The molecular weight excluding hydrogens is 168 g/mol. The molecule has 0 atom stereocenters. The topological polar surface area (TPSA) is 0 Å². The molecule has 1 aromatic carbocycles. The van der Waals surface area contributed by atoms with Crippen molar-refractivity contribution in [1.29, 1.82) is 0 Å². The Morgan fingerprint density at radius 3 is 2.57 bits per heavy atom. The summed E-state index contributed by atoms with van der Waals surface area (Å²) < 4.78 is 0. The molecule has 0 bridgehead atoms. The van der Waals surface area contributed by atoms with Gasteiger partial charge in [-0.25, -0.2) is 0 Å². The fourth-order valence-corrected chi connectivity index (χ4v) is 1.52. The normalized spacial score (nSPS) is 15.1. The van der Waals surface area contributed by atoms with Crippen LogP contribution < -0.4 is 0 Å². The van der Waals surface area contributed by atoms with E-state index in [9.17, 15) is 0 Å². The largest absolute Gasteiger partial charge is 0.0807 e. The minimum atomic E-state index is 1.03. The van der Waals surface area contributed by atoms with Crippen molar-refractivity contribution in [3.63, 3.8) is 0 Å². The lowest BCUT2D eigenvalue weighted by Gasteiger charge is -2.01. The maximum absolute atomic E-state index is 2.19. The first-order chi connectivity index (χ1) is 6.86. The molecule has 0 radical (unpaired) electrons. The second-order valence-corrected chi connectivity index (χ2v) is 3.55. The Labute approximate surface area is 85.3 Å². The zero-order chi connectivity index (χ0) is 9.80. The van der Waals surface area contributed by atoms with E-state index in [0.717, 1.165) is 6.42 Å². The number of rotatable bonds is 1. The van der Waals surface area contributed by atoms with Gasteiger partial charge in [0.25, 0.3) is 0 Å². The molecule has 0 heteroatoms. The van der Waals surface area contributed by atoms with Gasteiger partial charge in [-0.2, -0.15) is 0 Å². The van der Waals surface area contributed by atoms with E-state index in [4.69, 9.17) is 0 Å². The number of hydrogen-bond donors (Lipinski definition) is 0. The fourth-order valence-electron chi connectivity index (χ4n) is 1.52. The summed E-state index contributed by atoms with van der Waals surface area (Å²) >= 11 is 0. The fraction of sp³-hybridized carbons (Fsp3) is 0.143. The van der Waals surface area contributed by atoms with E-state index in [0.29, 0.717) is 0 Å². The van der Waals surface area contributed by atoms with Gasteiger partial charge < -0.3 is 0 Å². The first kappa shape index (κ1) is 9.01. The summed E-state index contributed by atoms with van der Waals surface area (Å²) in [6.07, 6.45) is 11.9. The van der Waals surface area contributed by atoms with Gasteiger partial charge in [0, 0.05) is 0 Å². The van der Waals surface area contributed by atoms with Crippen LogP contribution in [-0.4, -0.2) is 0 Å². The van der Waals surface area contributed by atoms with Crippen LogP contribution in [0.5, 0.6) is 0 Å². The van der Waals surface area contributed by atoms with Crippen molar-refractivity contribution in [1.82, 2.24) is 0 Å². The molecule has 2 rings (SSSR count). The molecule has 0 saturated heterocycles. The zero-order valence-electron chi connectivity index (χ0n) is 8.40. The highest BCUT2D eigenvalue weighted by Crippen LogP contribution is 2.18. The molecule has 0 amide bonds. The lowest BCUT2D eigenvalue weighted by atomic mass is 10.0. The van der Waals surface area contributed by atoms with Crippen LogP contribution in [0.3, 0.4) is 0 Å². The molecule has 1 aromatic rings. The van der Waals surface area contributed by atoms with E-state index < -0.39 is 0 Å². The van der Waals surface area contributed by atoms with Crippen molar-refractivity contribution >= 4 is 5.57 Å². The molecule has 0 aliphatic heterocycles. The maximum atomic E-state index is 2.19. The van der Waals surface area contributed by atoms with E-state index >= 15 is 0 Å². The number of allylic oxidation sites excluding steroid dienone is 6. The summed E-state index contributed by atoms with van der Waals surface area (Å²) in [5, 5.41) is 0. The molecule has 14 heavy (non-hydrogen) atoms. The van der Waals surface area contributed by atoms with Crippen molar-refractivity contribution in [2.45, 2.75) is 13.3 Å². The van der Waals surface area contributed by atoms with Crippen LogP contribution in [-0.2, 0) is 0 Å². The van der Waals surface area contributed by atoms with E-state index in [1.807, 2.05) is 0 Å². The van der Waals surface area contributed by atoms with Gasteiger partial charge >= 0.3 is 0 Å². The third-order valence-corrected chi connectivity index (χ3v) is 2.37. The Morgan fingerprint density at radius 1 is 1.00 bits per heavy atom. The molecule has 0 spiro atoms. The van der Waals surface area contributed by atoms with Crippen LogP contribution in [0.25, 0.3) is 5.57 Å². The second-order valence-electron chi connectivity index (χ2n) is 3.55. The molecule has 0 N–H and O–H groups in total. The summed E-state index contributed by atoms with van der Waals surface area (Å²) in [4.78, 5) is 0. The zero-order valence-corrected chi connectivity index (χ0v) is 8.40. The van der Waals surface area contributed by atoms with Gasteiger partial charge in [0.15, 0.2) is 0 Å². The van der Waals surface area contributed by atoms with Gasteiger partial charge in [-0.05, 0) is 24.5 Å². The first-order valence-electron chi connectivity index (χ1n) is 4.97. The molecule has 0 nitrogen and oxygen atoms in total. The Morgan fingerprint density at radius 2 is 1.79 bits per heavy atom. The van der Waals surface area contributed by atoms with Crippen molar-refractivity contribution in [3.05, 3.63) is 65.8 Å². The van der Waals surface area contributed by atoms with Gasteiger partial charge in [-0.15, -0.1) is 0 Å². The van der Waals surface area contributed by atoms with Crippen LogP contribution in [0.2, 0.25) is 0 Å². The minimum absolute atomic E-state index is 1.03. The van der Waals surface area contributed by atoms with Gasteiger partial charge in [0.1, 0.15) is 0 Å². The SMILES string of the molecule is Cc1ccc(C2=CC=CCC=C2)cc1. The molecule has 0 aromatic heterocycles. The van der Waals surface area contributed by atoms with Gasteiger partial charge in [-0.1, -0.05) is 60.2 Å². The maximum Gasteiger partial charge on any atom is -0.0163 e. The summed E-state index contributed by atoms with van der Waals surface area (Å²) in [5.41, 5.74) is 3.89. The van der Waals surface area contributed by atoms with Crippen molar-refractivity contribution in [2.75, 3.05) is 0 Å². The Bertz CT molecular complexity index is 389. The smallest absolute Gasteiger partial charge is 0.0163 e. The molecule has 0 heterocycles. The first-order valence-corrected chi connectivity index (χ1v) is 4.97. The van der Waals surface area contributed by atoms with E-state index in [1.54, 1.807) is 0 Å².